The summed E-state index contributed by atoms with van der Waals surface area (Å²) in [4.78, 5) is 18.9. The number of rotatable bonds is 8. The maximum atomic E-state index is 13.2. The van der Waals surface area contributed by atoms with Crippen LogP contribution in [-0.2, 0) is 6.54 Å². The first-order chi connectivity index (χ1) is 17.1. The first kappa shape index (κ1) is 24.2. The number of aromatic amines is 1. The number of benzene rings is 1. The van der Waals surface area contributed by atoms with E-state index in [0.717, 1.165) is 53.5 Å². The summed E-state index contributed by atoms with van der Waals surface area (Å²) < 4.78 is 2.14. The molecule has 0 radical (unpaired) electrons. The second kappa shape index (κ2) is 11.0. The van der Waals surface area contributed by atoms with E-state index in [1.165, 1.54) is 51.4 Å². The average Bonchev–Trinajstić information content (AvgIpc) is 3.37. The Labute approximate surface area is 208 Å². The number of hydrogen-bond donors (Lipinski definition) is 1. The summed E-state index contributed by atoms with van der Waals surface area (Å²) in [7, 11) is 0. The number of pyridine rings is 1. The van der Waals surface area contributed by atoms with Gasteiger partial charge in [0.05, 0.1) is 12.1 Å². The fourth-order valence-electron chi connectivity index (χ4n) is 6.30. The molecule has 188 valence electrons. The third kappa shape index (κ3) is 5.35. The summed E-state index contributed by atoms with van der Waals surface area (Å²) in [6.07, 6.45) is 14.3. The van der Waals surface area contributed by atoms with E-state index in [-0.39, 0.29) is 11.6 Å². The molecule has 0 amide bonds. The van der Waals surface area contributed by atoms with E-state index in [4.69, 9.17) is 0 Å². The molecule has 2 heterocycles. The fraction of sp³-hybridized carbons (Fsp3) is 0.643. The van der Waals surface area contributed by atoms with E-state index >= 15 is 0 Å². The summed E-state index contributed by atoms with van der Waals surface area (Å²) in [5.74, 6) is 0.997. The topological polar surface area (TPSA) is 79.7 Å². The van der Waals surface area contributed by atoms with Gasteiger partial charge in [0.2, 0.25) is 0 Å². The first-order valence-corrected chi connectivity index (χ1v) is 13.8. The van der Waals surface area contributed by atoms with Crippen molar-refractivity contribution in [1.82, 2.24) is 30.1 Å². The van der Waals surface area contributed by atoms with Crippen LogP contribution in [0, 0.1) is 6.92 Å². The van der Waals surface area contributed by atoms with Gasteiger partial charge in [0.1, 0.15) is 0 Å². The van der Waals surface area contributed by atoms with Crippen LogP contribution in [0.4, 0.5) is 0 Å². The van der Waals surface area contributed by atoms with Gasteiger partial charge in [-0.05, 0) is 72.5 Å². The van der Waals surface area contributed by atoms with Crippen LogP contribution < -0.4 is 5.56 Å². The molecule has 7 heteroatoms. The smallest absolute Gasteiger partial charge is 0.252 e. The highest BCUT2D eigenvalue weighted by Gasteiger charge is 2.34. The molecule has 2 aliphatic carbocycles. The normalized spacial score (nSPS) is 18.9. The predicted octanol–water partition coefficient (Wildman–Crippen LogP) is 6.00. The van der Waals surface area contributed by atoms with E-state index in [1.807, 2.05) is 0 Å². The highest BCUT2D eigenvalue weighted by Crippen LogP contribution is 2.36. The summed E-state index contributed by atoms with van der Waals surface area (Å²) >= 11 is 0. The number of aryl methyl sites for hydroxylation is 1. The van der Waals surface area contributed by atoms with Gasteiger partial charge in [-0.1, -0.05) is 64.0 Å². The monoisotopic (exact) mass is 476 g/mol. The van der Waals surface area contributed by atoms with Crippen molar-refractivity contribution >= 4 is 10.9 Å². The van der Waals surface area contributed by atoms with Gasteiger partial charge in [0, 0.05) is 23.7 Å². The SMILES string of the molecule is CCC[C@H](c1nnnn1C1CCCCC1)N(Cc1cc2ccc(C)cc2[nH]c1=O)C1CCCCC1. The summed E-state index contributed by atoms with van der Waals surface area (Å²) in [6, 6.07) is 9.34. The molecule has 1 atom stereocenters. The molecule has 35 heavy (non-hydrogen) atoms. The number of tetrazole rings is 1. The van der Waals surface area contributed by atoms with Crippen LogP contribution in [0.2, 0.25) is 0 Å². The zero-order valence-electron chi connectivity index (χ0n) is 21.4. The third-order valence-corrected chi connectivity index (χ3v) is 8.17. The molecule has 3 aromatic rings. The lowest BCUT2D eigenvalue weighted by Crippen LogP contribution is -2.41. The van der Waals surface area contributed by atoms with Crippen molar-refractivity contribution in [3.63, 3.8) is 0 Å². The van der Waals surface area contributed by atoms with Gasteiger partial charge in [-0.25, -0.2) is 4.68 Å². The Hall–Kier alpha value is -2.54. The van der Waals surface area contributed by atoms with Crippen molar-refractivity contribution in [2.24, 2.45) is 0 Å². The van der Waals surface area contributed by atoms with Crippen LogP contribution >= 0.6 is 0 Å². The maximum absolute atomic E-state index is 13.2. The summed E-state index contributed by atoms with van der Waals surface area (Å²) in [5.41, 5.74) is 2.92. The van der Waals surface area contributed by atoms with E-state index in [0.29, 0.717) is 18.6 Å². The second-order valence-electron chi connectivity index (χ2n) is 10.8. The lowest BCUT2D eigenvalue weighted by atomic mass is 9.91. The highest BCUT2D eigenvalue weighted by atomic mass is 16.1. The van der Waals surface area contributed by atoms with Gasteiger partial charge in [-0.3, -0.25) is 9.69 Å². The maximum Gasteiger partial charge on any atom is 0.252 e. The summed E-state index contributed by atoms with van der Waals surface area (Å²) in [5, 5.41) is 14.4. The van der Waals surface area contributed by atoms with Crippen LogP contribution in [0.25, 0.3) is 10.9 Å². The molecule has 0 bridgehead atoms. The zero-order chi connectivity index (χ0) is 24.2. The molecule has 1 aromatic carbocycles. The van der Waals surface area contributed by atoms with Crippen LogP contribution in [0.3, 0.4) is 0 Å². The lowest BCUT2D eigenvalue weighted by molar-refractivity contribution is 0.0789. The van der Waals surface area contributed by atoms with Gasteiger partial charge < -0.3 is 4.98 Å². The number of fused-ring (bicyclic) bond motifs is 1. The van der Waals surface area contributed by atoms with E-state index in [1.54, 1.807) is 0 Å². The zero-order valence-corrected chi connectivity index (χ0v) is 21.4. The molecular weight excluding hydrogens is 436 g/mol. The largest absolute Gasteiger partial charge is 0.322 e. The van der Waals surface area contributed by atoms with E-state index in [9.17, 15) is 4.79 Å². The van der Waals surface area contributed by atoms with Crippen LogP contribution in [0.5, 0.6) is 0 Å². The average molecular weight is 477 g/mol. The van der Waals surface area contributed by atoms with Crippen molar-refractivity contribution in [3.8, 4) is 0 Å². The first-order valence-electron chi connectivity index (χ1n) is 13.8. The number of nitrogens with one attached hydrogen (secondary N) is 1. The number of hydrogen-bond acceptors (Lipinski definition) is 5. The van der Waals surface area contributed by atoms with Gasteiger partial charge in [0.15, 0.2) is 5.82 Å². The molecule has 5 rings (SSSR count). The Balaban J connectivity index is 1.52. The van der Waals surface area contributed by atoms with Crippen LogP contribution in [-0.4, -0.2) is 36.1 Å². The lowest BCUT2D eigenvalue weighted by Gasteiger charge is -2.40. The van der Waals surface area contributed by atoms with Crippen LogP contribution in [0.15, 0.2) is 29.1 Å². The Morgan fingerprint density at radius 3 is 2.54 bits per heavy atom. The van der Waals surface area contributed by atoms with Gasteiger partial charge in [-0.15, -0.1) is 5.10 Å². The number of nitrogens with zero attached hydrogens (tertiary/aromatic N) is 5. The molecule has 2 aromatic heterocycles. The van der Waals surface area contributed by atoms with Crippen molar-refractivity contribution in [2.75, 3.05) is 0 Å². The Morgan fingerprint density at radius 1 is 1.06 bits per heavy atom. The van der Waals surface area contributed by atoms with Crippen molar-refractivity contribution in [2.45, 2.75) is 116 Å². The molecule has 0 saturated heterocycles. The molecule has 0 aliphatic heterocycles. The van der Waals surface area contributed by atoms with Gasteiger partial charge >= 0.3 is 0 Å². The standard InChI is InChI=1S/C28H40N6O/c1-3-10-26(27-30-31-32-34(27)24-13-8-5-9-14-24)33(23-11-6-4-7-12-23)19-22-18-21-16-15-20(2)17-25(21)29-28(22)35/h15-18,23-24,26H,3-14,19H2,1-2H3,(H,29,35)/t26-/m1/s1. The second-order valence-corrected chi connectivity index (χ2v) is 10.8. The fourth-order valence-corrected chi connectivity index (χ4v) is 6.30. The molecule has 2 aliphatic rings. The van der Waals surface area contributed by atoms with Crippen molar-refractivity contribution in [3.05, 3.63) is 51.6 Å². The Bertz CT molecular complexity index is 1170. The van der Waals surface area contributed by atoms with E-state index in [2.05, 4.69) is 68.2 Å². The molecule has 2 fully saturated rings. The Kier molecular flexibility index (Phi) is 7.61. The minimum atomic E-state index is 0.0195. The number of aromatic nitrogens is 5. The predicted molar refractivity (Wildman–Crippen MR) is 139 cm³/mol. The minimum Gasteiger partial charge on any atom is -0.322 e. The summed E-state index contributed by atoms with van der Waals surface area (Å²) in [6.45, 7) is 4.93. The molecule has 7 nitrogen and oxygen atoms in total. The molecule has 2 saturated carbocycles. The quantitative estimate of drug-likeness (QED) is 0.431. The van der Waals surface area contributed by atoms with E-state index < -0.39 is 0 Å². The number of H-pyrrole nitrogens is 1. The van der Waals surface area contributed by atoms with Crippen molar-refractivity contribution in [1.29, 1.82) is 0 Å². The van der Waals surface area contributed by atoms with Crippen LogP contribution in [0.1, 0.15) is 113 Å². The highest BCUT2D eigenvalue weighted by molar-refractivity contribution is 5.79. The molecule has 0 spiro atoms. The van der Waals surface area contributed by atoms with Gasteiger partial charge in [0.25, 0.3) is 5.56 Å². The third-order valence-electron chi connectivity index (χ3n) is 8.17. The molecule has 1 N–H and O–H groups in total. The molecule has 0 unspecified atom stereocenters. The van der Waals surface area contributed by atoms with Crippen molar-refractivity contribution < 1.29 is 0 Å². The molecular formula is C28H40N6O. The van der Waals surface area contributed by atoms with Gasteiger partial charge in [-0.2, -0.15) is 0 Å². The minimum absolute atomic E-state index is 0.0195. The Morgan fingerprint density at radius 2 is 1.80 bits per heavy atom.